The number of aliphatic hydroxyl groups is 1. The number of rotatable bonds is 4. The lowest BCUT2D eigenvalue weighted by Crippen LogP contribution is -2.33. The summed E-state index contributed by atoms with van der Waals surface area (Å²) in [6, 6.07) is -0.378. The third kappa shape index (κ3) is 2.62. The molecule has 0 bridgehead atoms. The van der Waals surface area contributed by atoms with Gasteiger partial charge in [0.05, 0.1) is 22.5 Å². The summed E-state index contributed by atoms with van der Waals surface area (Å²) in [6.07, 6.45) is 0. The third-order valence-electron chi connectivity index (χ3n) is 2.39. The van der Waals surface area contributed by atoms with Crippen molar-refractivity contribution in [2.24, 2.45) is 0 Å². The predicted molar refractivity (Wildman–Crippen MR) is 64.2 cm³/mol. The number of aryl methyl sites for hydroxylation is 1. The molecule has 1 atom stereocenters. The molecule has 0 saturated carbocycles. The van der Waals surface area contributed by atoms with Crippen LogP contribution in [0.5, 0.6) is 0 Å². The van der Waals surface area contributed by atoms with Gasteiger partial charge >= 0.3 is 0 Å². The first-order valence-electron chi connectivity index (χ1n) is 5.08. The highest BCUT2D eigenvalue weighted by molar-refractivity contribution is 9.10. The van der Waals surface area contributed by atoms with Gasteiger partial charge in [-0.1, -0.05) is 0 Å². The van der Waals surface area contributed by atoms with E-state index in [0.717, 1.165) is 15.9 Å². The zero-order valence-electron chi connectivity index (χ0n) is 9.62. The van der Waals surface area contributed by atoms with Gasteiger partial charge in [-0.15, -0.1) is 0 Å². The molecule has 0 aliphatic heterocycles. The van der Waals surface area contributed by atoms with Crippen LogP contribution in [0.15, 0.2) is 4.47 Å². The molecule has 1 amide bonds. The molecule has 1 aromatic rings. The standard InChI is InChI=1S/C10H16BrN3O2/c1-6-9(11)7(2)14(13-6)8(3)10(16)12-4-5-15/h8,15H,4-5H2,1-3H3,(H,12,16). The summed E-state index contributed by atoms with van der Waals surface area (Å²) >= 11 is 3.41. The Morgan fingerprint density at radius 2 is 2.25 bits per heavy atom. The minimum atomic E-state index is -0.378. The molecule has 0 radical (unpaired) electrons. The summed E-state index contributed by atoms with van der Waals surface area (Å²) in [5.74, 6) is -0.146. The highest BCUT2D eigenvalue weighted by Gasteiger charge is 2.19. The first kappa shape index (κ1) is 13.2. The summed E-state index contributed by atoms with van der Waals surface area (Å²) in [4.78, 5) is 11.7. The Bertz CT molecular complexity index is 390. The Morgan fingerprint density at radius 1 is 1.62 bits per heavy atom. The van der Waals surface area contributed by atoms with Crippen molar-refractivity contribution in [3.05, 3.63) is 15.9 Å². The largest absolute Gasteiger partial charge is 0.395 e. The Labute approximate surface area is 103 Å². The molecule has 0 fully saturated rings. The van der Waals surface area contributed by atoms with Gasteiger partial charge in [-0.2, -0.15) is 5.10 Å². The number of carbonyl (C=O) groups is 1. The van der Waals surface area contributed by atoms with Gasteiger partial charge in [-0.25, -0.2) is 0 Å². The van der Waals surface area contributed by atoms with Crippen LogP contribution in [0, 0.1) is 13.8 Å². The van der Waals surface area contributed by atoms with E-state index in [9.17, 15) is 4.79 Å². The average molecular weight is 290 g/mol. The van der Waals surface area contributed by atoms with E-state index in [0.29, 0.717) is 0 Å². The van der Waals surface area contributed by atoms with E-state index in [-0.39, 0.29) is 25.1 Å². The molecule has 5 nitrogen and oxygen atoms in total. The van der Waals surface area contributed by atoms with Crippen molar-refractivity contribution in [2.75, 3.05) is 13.2 Å². The highest BCUT2D eigenvalue weighted by atomic mass is 79.9. The molecule has 1 heterocycles. The first-order chi connectivity index (χ1) is 7.49. The molecule has 1 aromatic heterocycles. The SMILES string of the molecule is Cc1nn(C(C)C(=O)NCCO)c(C)c1Br. The molecule has 1 rings (SSSR count). The summed E-state index contributed by atoms with van der Waals surface area (Å²) in [6.45, 7) is 5.77. The summed E-state index contributed by atoms with van der Waals surface area (Å²) < 4.78 is 2.60. The fourth-order valence-electron chi connectivity index (χ4n) is 1.46. The van der Waals surface area contributed by atoms with E-state index in [1.54, 1.807) is 11.6 Å². The fourth-order valence-corrected chi connectivity index (χ4v) is 1.72. The maximum absolute atomic E-state index is 11.7. The lowest BCUT2D eigenvalue weighted by atomic mass is 10.3. The van der Waals surface area contributed by atoms with Gasteiger partial charge in [-0.05, 0) is 36.7 Å². The van der Waals surface area contributed by atoms with Crippen molar-refractivity contribution >= 4 is 21.8 Å². The Balaban J connectivity index is 2.83. The van der Waals surface area contributed by atoms with Gasteiger partial charge < -0.3 is 10.4 Å². The van der Waals surface area contributed by atoms with Crippen molar-refractivity contribution in [1.29, 1.82) is 0 Å². The number of carbonyl (C=O) groups excluding carboxylic acids is 1. The topological polar surface area (TPSA) is 67.2 Å². The molecule has 0 aromatic carbocycles. The van der Waals surface area contributed by atoms with Crippen LogP contribution in [0.25, 0.3) is 0 Å². The van der Waals surface area contributed by atoms with Gasteiger partial charge in [0.1, 0.15) is 6.04 Å². The zero-order valence-corrected chi connectivity index (χ0v) is 11.2. The van der Waals surface area contributed by atoms with E-state index in [4.69, 9.17) is 5.11 Å². The molecule has 0 spiro atoms. The number of nitrogens with one attached hydrogen (secondary N) is 1. The number of hydrogen-bond acceptors (Lipinski definition) is 3. The number of aliphatic hydroxyl groups excluding tert-OH is 1. The number of halogens is 1. The minimum Gasteiger partial charge on any atom is -0.395 e. The van der Waals surface area contributed by atoms with Gasteiger partial charge in [0, 0.05) is 6.54 Å². The molecular weight excluding hydrogens is 274 g/mol. The minimum absolute atomic E-state index is 0.0563. The molecule has 0 aliphatic rings. The van der Waals surface area contributed by atoms with Crippen LogP contribution in [0.1, 0.15) is 24.4 Å². The van der Waals surface area contributed by atoms with Gasteiger partial charge in [-0.3, -0.25) is 9.48 Å². The van der Waals surface area contributed by atoms with Crippen molar-refractivity contribution in [1.82, 2.24) is 15.1 Å². The molecular formula is C10H16BrN3O2. The van der Waals surface area contributed by atoms with E-state index >= 15 is 0 Å². The number of amides is 1. The Kier molecular flexibility index (Phi) is 4.49. The van der Waals surface area contributed by atoms with Crippen LogP contribution < -0.4 is 5.32 Å². The molecule has 0 saturated heterocycles. The normalized spacial score (nSPS) is 12.6. The van der Waals surface area contributed by atoms with Gasteiger partial charge in [0.15, 0.2) is 0 Å². The van der Waals surface area contributed by atoms with Crippen molar-refractivity contribution in [3.63, 3.8) is 0 Å². The van der Waals surface area contributed by atoms with E-state index in [1.165, 1.54) is 0 Å². The second-order valence-corrected chi connectivity index (χ2v) is 4.41. The molecule has 2 N–H and O–H groups in total. The van der Waals surface area contributed by atoms with Crippen LogP contribution in [0.2, 0.25) is 0 Å². The quantitative estimate of drug-likeness (QED) is 0.867. The number of aromatic nitrogens is 2. The summed E-state index contributed by atoms with van der Waals surface area (Å²) in [5.41, 5.74) is 1.78. The van der Waals surface area contributed by atoms with Crippen LogP contribution in [0.4, 0.5) is 0 Å². The zero-order chi connectivity index (χ0) is 12.3. The van der Waals surface area contributed by atoms with Crippen molar-refractivity contribution in [2.45, 2.75) is 26.8 Å². The first-order valence-corrected chi connectivity index (χ1v) is 5.88. The number of hydrogen-bond donors (Lipinski definition) is 2. The van der Waals surface area contributed by atoms with Crippen LogP contribution >= 0.6 is 15.9 Å². The smallest absolute Gasteiger partial charge is 0.244 e. The van der Waals surface area contributed by atoms with Gasteiger partial charge in [0.2, 0.25) is 5.91 Å². The molecule has 90 valence electrons. The summed E-state index contributed by atoms with van der Waals surface area (Å²) in [7, 11) is 0. The highest BCUT2D eigenvalue weighted by Crippen LogP contribution is 2.22. The van der Waals surface area contributed by atoms with Gasteiger partial charge in [0.25, 0.3) is 0 Å². The average Bonchev–Trinajstić information content (AvgIpc) is 2.52. The van der Waals surface area contributed by atoms with E-state index in [2.05, 4.69) is 26.3 Å². The second-order valence-electron chi connectivity index (χ2n) is 3.62. The van der Waals surface area contributed by atoms with Crippen molar-refractivity contribution < 1.29 is 9.90 Å². The van der Waals surface area contributed by atoms with E-state index < -0.39 is 0 Å². The monoisotopic (exact) mass is 289 g/mol. The van der Waals surface area contributed by atoms with Crippen LogP contribution in [0.3, 0.4) is 0 Å². The Morgan fingerprint density at radius 3 is 2.69 bits per heavy atom. The molecule has 6 heteroatoms. The fraction of sp³-hybridized carbons (Fsp3) is 0.600. The maximum atomic E-state index is 11.7. The van der Waals surface area contributed by atoms with Crippen LogP contribution in [-0.2, 0) is 4.79 Å². The lowest BCUT2D eigenvalue weighted by molar-refractivity contribution is -0.124. The maximum Gasteiger partial charge on any atom is 0.244 e. The van der Waals surface area contributed by atoms with Crippen molar-refractivity contribution in [3.8, 4) is 0 Å². The second kappa shape index (κ2) is 5.45. The molecule has 1 unspecified atom stereocenters. The number of nitrogens with zero attached hydrogens (tertiary/aromatic N) is 2. The summed E-state index contributed by atoms with van der Waals surface area (Å²) in [5, 5.41) is 15.5. The lowest BCUT2D eigenvalue weighted by Gasteiger charge is -2.13. The molecule has 0 aliphatic carbocycles. The van der Waals surface area contributed by atoms with Crippen LogP contribution in [-0.4, -0.2) is 33.9 Å². The third-order valence-corrected chi connectivity index (χ3v) is 3.54. The Hall–Kier alpha value is -0.880. The predicted octanol–water partition coefficient (Wildman–Crippen LogP) is 0.932. The van der Waals surface area contributed by atoms with E-state index in [1.807, 2.05) is 13.8 Å². The molecule has 16 heavy (non-hydrogen) atoms.